The zero-order valence-electron chi connectivity index (χ0n) is 13.2. The number of para-hydroxylation sites is 2. The number of hydrogen-bond acceptors (Lipinski definition) is 5. The van der Waals surface area contributed by atoms with Crippen molar-refractivity contribution in [3.63, 3.8) is 0 Å². The molecule has 1 amide bonds. The molecule has 6 nitrogen and oxygen atoms in total. The fourth-order valence-electron chi connectivity index (χ4n) is 2.87. The number of anilines is 2. The Morgan fingerprint density at radius 1 is 1.39 bits per heavy atom. The Labute approximate surface area is 135 Å². The summed E-state index contributed by atoms with van der Waals surface area (Å²) in [6.07, 6.45) is 1.92. The third-order valence-electron chi connectivity index (χ3n) is 4.22. The van der Waals surface area contributed by atoms with Crippen LogP contribution >= 0.6 is 0 Å². The highest BCUT2D eigenvalue weighted by Crippen LogP contribution is 2.30. The third kappa shape index (κ3) is 3.53. The van der Waals surface area contributed by atoms with Gasteiger partial charge in [0, 0.05) is 25.8 Å². The molecule has 6 heteroatoms. The number of carbonyl (C=O) groups is 1. The fraction of sp³-hybridized carbons (Fsp3) is 0.412. The Balaban J connectivity index is 1.74. The van der Waals surface area contributed by atoms with Crippen molar-refractivity contribution in [1.82, 2.24) is 5.16 Å². The maximum absolute atomic E-state index is 12.3. The van der Waals surface area contributed by atoms with Gasteiger partial charge in [0.1, 0.15) is 0 Å². The first-order valence-corrected chi connectivity index (χ1v) is 7.87. The molecular weight excluding hydrogens is 294 g/mol. The molecule has 1 fully saturated rings. The standard InChI is InChI=1S/C17H21N3O3/c1-12-10-16(23-19-12)17(22)18-14-4-2-3-5-15(14)20-8-6-13(11-21)7-9-20/h2-5,10,13,21H,6-9,11H2,1H3,(H,18,22). The molecule has 1 aromatic carbocycles. The number of benzene rings is 1. The lowest BCUT2D eigenvalue weighted by atomic mass is 9.97. The molecule has 3 rings (SSSR count). The summed E-state index contributed by atoms with van der Waals surface area (Å²) >= 11 is 0. The minimum absolute atomic E-state index is 0.205. The molecule has 0 bridgehead atoms. The first-order chi connectivity index (χ1) is 11.2. The molecular formula is C17H21N3O3. The number of amides is 1. The number of aryl methyl sites for hydroxylation is 1. The molecule has 23 heavy (non-hydrogen) atoms. The van der Waals surface area contributed by atoms with E-state index in [-0.39, 0.29) is 18.3 Å². The summed E-state index contributed by atoms with van der Waals surface area (Å²) in [4.78, 5) is 14.5. The molecule has 0 saturated carbocycles. The van der Waals surface area contributed by atoms with Crippen molar-refractivity contribution in [2.24, 2.45) is 5.92 Å². The monoisotopic (exact) mass is 315 g/mol. The molecule has 122 valence electrons. The lowest BCUT2D eigenvalue weighted by Crippen LogP contribution is -2.35. The van der Waals surface area contributed by atoms with Gasteiger partial charge in [-0.05, 0) is 37.8 Å². The topological polar surface area (TPSA) is 78.6 Å². The second-order valence-corrected chi connectivity index (χ2v) is 5.92. The van der Waals surface area contributed by atoms with Crippen LogP contribution in [-0.2, 0) is 0 Å². The number of nitrogens with one attached hydrogen (secondary N) is 1. The lowest BCUT2D eigenvalue weighted by molar-refractivity contribution is 0.0988. The van der Waals surface area contributed by atoms with Crippen molar-refractivity contribution in [2.75, 3.05) is 29.9 Å². The molecule has 1 saturated heterocycles. The van der Waals surface area contributed by atoms with E-state index in [9.17, 15) is 9.90 Å². The van der Waals surface area contributed by atoms with Gasteiger partial charge < -0.3 is 19.8 Å². The van der Waals surface area contributed by atoms with Gasteiger partial charge in [0.25, 0.3) is 5.91 Å². The minimum atomic E-state index is -0.303. The van der Waals surface area contributed by atoms with Gasteiger partial charge in [0.05, 0.1) is 17.1 Å². The fourth-order valence-corrected chi connectivity index (χ4v) is 2.87. The van der Waals surface area contributed by atoms with Gasteiger partial charge in [-0.1, -0.05) is 17.3 Å². The average molecular weight is 315 g/mol. The van der Waals surface area contributed by atoms with Crippen LogP contribution in [0.2, 0.25) is 0 Å². The molecule has 1 aliphatic heterocycles. The normalized spacial score (nSPS) is 15.7. The summed E-state index contributed by atoms with van der Waals surface area (Å²) in [7, 11) is 0. The van der Waals surface area contributed by atoms with Crippen molar-refractivity contribution >= 4 is 17.3 Å². The van der Waals surface area contributed by atoms with Gasteiger partial charge in [-0.25, -0.2) is 0 Å². The van der Waals surface area contributed by atoms with Gasteiger partial charge in [0.2, 0.25) is 5.76 Å². The predicted octanol–water partition coefficient (Wildman–Crippen LogP) is 2.44. The van der Waals surface area contributed by atoms with Crippen LogP contribution in [0.15, 0.2) is 34.9 Å². The number of carbonyl (C=O) groups excluding carboxylic acids is 1. The summed E-state index contributed by atoms with van der Waals surface area (Å²) in [6.45, 7) is 3.77. The number of nitrogens with zero attached hydrogens (tertiary/aromatic N) is 2. The summed E-state index contributed by atoms with van der Waals surface area (Å²) in [5.41, 5.74) is 2.43. The second kappa shape index (κ2) is 6.83. The predicted molar refractivity (Wildman–Crippen MR) is 87.7 cm³/mol. The van der Waals surface area contributed by atoms with Crippen LogP contribution in [0.1, 0.15) is 29.1 Å². The highest BCUT2D eigenvalue weighted by molar-refractivity contribution is 6.04. The minimum Gasteiger partial charge on any atom is -0.396 e. The Morgan fingerprint density at radius 2 is 2.13 bits per heavy atom. The highest BCUT2D eigenvalue weighted by atomic mass is 16.5. The van der Waals surface area contributed by atoms with Crippen molar-refractivity contribution in [2.45, 2.75) is 19.8 Å². The number of piperidine rings is 1. The molecule has 1 aliphatic rings. The Morgan fingerprint density at radius 3 is 2.78 bits per heavy atom. The first-order valence-electron chi connectivity index (χ1n) is 7.87. The molecule has 2 N–H and O–H groups in total. The number of hydrogen-bond donors (Lipinski definition) is 2. The highest BCUT2D eigenvalue weighted by Gasteiger charge is 2.21. The molecule has 2 aromatic rings. The van der Waals surface area contributed by atoms with E-state index in [4.69, 9.17) is 4.52 Å². The largest absolute Gasteiger partial charge is 0.396 e. The summed E-state index contributed by atoms with van der Waals surface area (Å²) in [5.74, 6) is 0.282. The van der Waals surface area contributed by atoms with Crippen LogP contribution in [0.5, 0.6) is 0 Å². The molecule has 0 unspecified atom stereocenters. The molecule has 0 spiro atoms. The number of aromatic nitrogens is 1. The van der Waals surface area contributed by atoms with Crippen molar-refractivity contribution in [1.29, 1.82) is 0 Å². The Hall–Kier alpha value is -2.34. The maximum atomic E-state index is 12.3. The molecule has 0 atom stereocenters. The van der Waals surface area contributed by atoms with E-state index in [1.807, 2.05) is 24.3 Å². The van der Waals surface area contributed by atoms with Gasteiger partial charge >= 0.3 is 0 Å². The van der Waals surface area contributed by atoms with Crippen LogP contribution in [0.4, 0.5) is 11.4 Å². The number of aliphatic hydroxyl groups is 1. The van der Waals surface area contributed by atoms with Crippen LogP contribution in [0, 0.1) is 12.8 Å². The van der Waals surface area contributed by atoms with Crippen molar-refractivity contribution < 1.29 is 14.4 Å². The summed E-state index contributed by atoms with van der Waals surface area (Å²) < 4.78 is 5.01. The number of aliphatic hydroxyl groups excluding tert-OH is 1. The zero-order valence-corrected chi connectivity index (χ0v) is 13.2. The average Bonchev–Trinajstić information content (AvgIpc) is 3.02. The molecule has 0 aliphatic carbocycles. The summed E-state index contributed by atoms with van der Waals surface area (Å²) in [6, 6.07) is 9.35. The lowest BCUT2D eigenvalue weighted by Gasteiger charge is -2.34. The van der Waals surface area contributed by atoms with E-state index in [1.54, 1.807) is 13.0 Å². The van der Waals surface area contributed by atoms with E-state index in [1.165, 1.54) is 0 Å². The van der Waals surface area contributed by atoms with Gasteiger partial charge in [-0.2, -0.15) is 0 Å². The van der Waals surface area contributed by atoms with Crippen LogP contribution in [0.25, 0.3) is 0 Å². The van der Waals surface area contributed by atoms with Crippen molar-refractivity contribution in [3.05, 3.63) is 41.8 Å². The van der Waals surface area contributed by atoms with E-state index >= 15 is 0 Å². The van der Waals surface area contributed by atoms with E-state index in [2.05, 4.69) is 15.4 Å². The maximum Gasteiger partial charge on any atom is 0.294 e. The third-order valence-corrected chi connectivity index (χ3v) is 4.22. The van der Waals surface area contributed by atoms with E-state index in [0.29, 0.717) is 11.6 Å². The van der Waals surface area contributed by atoms with Gasteiger partial charge in [-0.3, -0.25) is 4.79 Å². The molecule has 1 aromatic heterocycles. The smallest absolute Gasteiger partial charge is 0.294 e. The van der Waals surface area contributed by atoms with Crippen LogP contribution < -0.4 is 10.2 Å². The van der Waals surface area contributed by atoms with E-state index < -0.39 is 0 Å². The quantitative estimate of drug-likeness (QED) is 0.906. The van der Waals surface area contributed by atoms with Crippen LogP contribution in [-0.4, -0.2) is 35.9 Å². The molecule has 2 heterocycles. The Kier molecular flexibility index (Phi) is 4.62. The van der Waals surface area contributed by atoms with Crippen LogP contribution in [0.3, 0.4) is 0 Å². The number of rotatable bonds is 4. The van der Waals surface area contributed by atoms with Crippen molar-refractivity contribution in [3.8, 4) is 0 Å². The second-order valence-electron chi connectivity index (χ2n) is 5.92. The summed E-state index contributed by atoms with van der Waals surface area (Å²) in [5, 5.41) is 15.9. The first kappa shape index (κ1) is 15.6. The Bertz CT molecular complexity index is 675. The SMILES string of the molecule is Cc1cc(C(=O)Nc2ccccc2N2CCC(CO)CC2)on1. The van der Waals surface area contributed by atoms with Gasteiger partial charge in [-0.15, -0.1) is 0 Å². The molecule has 0 radical (unpaired) electrons. The zero-order chi connectivity index (χ0) is 16.2. The van der Waals surface area contributed by atoms with E-state index in [0.717, 1.165) is 37.3 Å². The van der Waals surface area contributed by atoms with Gasteiger partial charge in [0.15, 0.2) is 0 Å².